The van der Waals surface area contributed by atoms with Gasteiger partial charge in [-0.3, -0.25) is 0 Å². The van der Waals surface area contributed by atoms with Crippen molar-refractivity contribution in [2.24, 2.45) is 0 Å². The molecule has 4 heteroatoms. The number of nitrogens with one attached hydrogen (secondary N) is 1. The summed E-state index contributed by atoms with van der Waals surface area (Å²) in [5.41, 5.74) is 1.48. The minimum atomic E-state index is 0.440. The fourth-order valence-electron chi connectivity index (χ4n) is 1.93. The van der Waals surface area contributed by atoms with Gasteiger partial charge in [-0.15, -0.1) is 22.7 Å². The zero-order chi connectivity index (χ0) is 12.3. The van der Waals surface area contributed by atoms with E-state index in [4.69, 9.17) is 0 Å². The van der Waals surface area contributed by atoms with E-state index in [1.165, 1.54) is 19.1 Å². The monoisotopic (exact) mass is 329 g/mol. The summed E-state index contributed by atoms with van der Waals surface area (Å²) >= 11 is 7.21. The van der Waals surface area contributed by atoms with Gasteiger partial charge < -0.3 is 5.32 Å². The first-order chi connectivity index (χ1) is 8.24. The van der Waals surface area contributed by atoms with Gasteiger partial charge in [-0.1, -0.05) is 6.92 Å². The van der Waals surface area contributed by atoms with Gasteiger partial charge in [0.2, 0.25) is 0 Å². The number of rotatable bonds is 5. The number of likely N-dealkylation sites (N-methyl/N-ethyl adjacent to an activating group) is 1. The van der Waals surface area contributed by atoms with Crippen LogP contribution in [0.1, 0.15) is 28.3 Å². The Morgan fingerprint density at radius 1 is 1.35 bits per heavy atom. The minimum absolute atomic E-state index is 0.440. The van der Waals surface area contributed by atoms with E-state index in [0.29, 0.717) is 6.04 Å². The van der Waals surface area contributed by atoms with Gasteiger partial charge in [0.25, 0.3) is 0 Å². The molecule has 1 unspecified atom stereocenters. The van der Waals surface area contributed by atoms with Crippen LogP contribution in [0.5, 0.6) is 0 Å². The summed E-state index contributed by atoms with van der Waals surface area (Å²) in [5, 5.41) is 5.64. The zero-order valence-electron chi connectivity index (χ0n) is 10.00. The van der Waals surface area contributed by atoms with Crippen LogP contribution in [0.2, 0.25) is 0 Å². The molecule has 0 aliphatic carbocycles. The number of thiophene rings is 2. The molecule has 2 aromatic heterocycles. The average molecular weight is 330 g/mol. The number of hydrogen-bond acceptors (Lipinski definition) is 3. The quantitative estimate of drug-likeness (QED) is 0.842. The normalized spacial score (nSPS) is 12.9. The molecule has 0 aromatic carbocycles. The summed E-state index contributed by atoms with van der Waals surface area (Å²) in [6.07, 6.45) is 2.19. The Labute approximate surface area is 119 Å². The van der Waals surface area contributed by atoms with Gasteiger partial charge in [-0.25, -0.2) is 0 Å². The van der Waals surface area contributed by atoms with Crippen LogP contribution in [-0.2, 0) is 12.8 Å². The molecular weight excluding hydrogens is 314 g/mol. The van der Waals surface area contributed by atoms with Crippen LogP contribution in [0.15, 0.2) is 27.4 Å². The Morgan fingerprint density at radius 2 is 2.18 bits per heavy atom. The minimum Gasteiger partial charge on any atom is -0.312 e. The maximum absolute atomic E-state index is 3.52. The Balaban J connectivity index is 2.16. The van der Waals surface area contributed by atoms with Crippen molar-refractivity contribution in [1.29, 1.82) is 0 Å². The highest BCUT2D eigenvalue weighted by Crippen LogP contribution is 2.30. The van der Waals surface area contributed by atoms with Gasteiger partial charge in [-0.05, 0) is 58.5 Å². The molecule has 0 saturated heterocycles. The molecule has 2 rings (SSSR count). The maximum Gasteiger partial charge on any atom is 0.0701 e. The van der Waals surface area contributed by atoms with Crippen molar-refractivity contribution in [2.75, 3.05) is 7.05 Å². The van der Waals surface area contributed by atoms with Gasteiger partial charge in [-0.2, -0.15) is 0 Å². The Hall–Kier alpha value is -0.160. The summed E-state index contributed by atoms with van der Waals surface area (Å²) in [6, 6.07) is 7.02. The van der Waals surface area contributed by atoms with Gasteiger partial charge >= 0.3 is 0 Å². The van der Waals surface area contributed by atoms with Crippen LogP contribution < -0.4 is 5.32 Å². The van der Waals surface area contributed by atoms with Gasteiger partial charge in [0.05, 0.1) is 3.79 Å². The lowest BCUT2D eigenvalue weighted by Crippen LogP contribution is -2.18. The van der Waals surface area contributed by atoms with Gasteiger partial charge in [0.1, 0.15) is 0 Å². The van der Waals surface area contributed by atoms with E-state index in [0.717, 1.165) is 12.8 Å². The molecule has 0 spiro atoms. The van der Waals surface area contributed by atoms with E-state index >= 15 is 0 Å². The van der Waals surface area contributed by atoms with Crippen LogP contribution in [0, 0.1) is 0 Å². The molecule has 0 saturated carbocycles. The van der Waals surface area contributed by atoms with E-state index < -0.39 is 0 Å². The molecule has 2 heterocycles. The molecule has 0 aliphatic rings. The standard InChI is InChI=1S/C13H16BrNS2/c1-3-9-6-7-16-13(9)11(15-2)8-10-4-5-12(14)17-10/h4-7,11,15H,3,8H2,1-2H3. The fraction of sp³-hybridized carbons (Fsp3) is 0.385. The second kappa shape index (κ2) is 6.14. The SMILES string of the molecule is CCc1ccsc1C(Cc1ccc(Br)s1)NC. The number of hydrogen-bond donors (Lipinski definition) is 1. The lowest BCUT2D eigenvalue weighted by Gasteiger charge is -2.15. The van der Waals surface area contributed by atoms with Crippen molar-refractivity contribution in [3.63, 3.8) is 0 Å². The van der Waals surface area contributed by atoms with Gasteiger partial charge in [0.15, 0.2) is 0 Å². The lowest BCUT2D eigenvalue weighted by atomic mass is 10.1. The van der Waals surface area contributed by atoms with E-state index in [1.807, 2.05) is 29.7 Å². The van der Waals surface area contributed by atoms with Crippen LogP contribution >= 0.6 is 38.6 Å². The molecule has 2 aromatic rings. The summed E-state index contributed by atoms with van der Waals surface area (Å²) in [7, 11) is 2.05. The fourth-order valence-corrected chi connectivity index (χ4v) is 4.57. The Morgan fingerprint density at radius 3 is 2.76 bits per heavy atom. The van der Waals surface area contributed by atoms with Crippen molar-refractivity contribution in [3.05, 3.63) is 42.7 Å². The zero-order valence-corrected chi connectivity index (χ0v) is 13.2. The van der Waals surface area contributed by atoms with Crippen molar-refractivity contribution in [1.82, 2.24) is 5.32 Å². The Bertz CT molecular complexity index is 475. The van der Waals surface area contributed by atoms with Crippen LogP contribution in [0.3, 0.4) is 0 Å². The van der Waals surface area contributed by atoms with Crippen LogP contribution in [0.4, 0.5) is 0 Å². The molecule has 1 N–H and O–H groups in total. The lowest BCUT2D eigenvalue weighted by molar-refractivity contribution is 0.602. The molecule has 0 amide bonds. The highest BCUT2D eigenvalue weighted by atomic mass is 79.9. The maximum atomic E-state index is 3.52. The molecule has 0 bridgehead atoms. The molecule has 17 heavy (non-hydrogen) atoms. The molecule has 1 atom stereocenters. The topological polar surface area (TPSA) is 12.0 Å². The summed E-state index contributed by atoms with van der Waals surface area (Å²) in [4.78, 5) is 2.91. The first-order valence-electron chi connectivity index (χ1n) is 5.72. The predicted octanol–water partition coefficient (Wildman–Crippen LogP) is 4.64. The summed E-state index contributed by atoms with van der Waals surface area (Å²) in [6.45, 7) is 2.22. The van der Waals surface area contributed by atoms with Crippen LogP contribution in [-0.4, -0.2) is 7.05 Å². The van der Waals surface area contributed by atoms with Crippen molar-refractivity contribution >= 4 is 38.6 Å². The number of aryl methyl sites for hydroxylation is 1. The highest BCUT2D eigenvalue weighted by molar-refractivity contribution is 9.11. The Kier molecular flexibility index (Phi) is 4.79. The molecule has 0 fully saturated rings. The second-order valence-electron chi connectivity index (χ2n) is 3.91. The largest absolute Gasteiger partial charge is 0.312 e. The van der Waals surface area contributed by atoms with Crippen molar-refractivity contribution < 1.29 is 0 Å². The third kappa shape index (κ3) is 3.19. The van der Waals surface area contributed by atoms with Crippen molar-refractivity contribution in [3.8, 4) is 0 Å². The third-order valence-corrected chi connectivity index (χ3v) is 5.58. The van der Waals surface area contributed by atoms with E-state index in [-0.39, 0.29) is 0 Å². The molecular formula is C13H16BrNS2. The smallest absolute Gasteiger partial charge is 0.0701 e. The number of halogens is 1. The van der Waals surface area contributed by atoms with E-state index in [9.17, 15) is 0 Å². The molecule has 0 aliphatic heterocycles. The van der Waals surface area contributed by atoms with Crippen molar-refractivity contribution in [2.45, 2.75) is 25.8 Å². The molecule has 92 valence electrons. The highest BCUT2D eigenvalue weighted by Gasteiger charge is 2.15. The summed E-state index contributed by atoms with van der Waals surface area (Å²) in [5.74, 6) is 0. The molecule has 0 radical (unpaired) electrons. The first kappa shape index (κ1) is 13.3. The van der Waals surface area contributed by atoms with Gasteiger partial charge in [0, 0.05) is 22.2 Å². The van der Waals surface area contributed by atoms with E-state index in [1.54, 1.807) is 0 Å². The van der Waals surface area contributed by atoms with Crippen LogP contribution in [0.25, 0.3) is 0 Å². The van der Waals surface area contributed by atoms with E-state index in [2.05, 4.69) is 51.7 Å². The first-order valence-corrected chi connectivity index (χ1v) is 8.21. The third-order valence-electron chi connectivity index (χ3n) is 2.86. The summed E-state index contributed by atoms with van der Waals surface area (Å²) < 4.78 is 1.21. The predicted molar refractivity (Wildman–Crippen MR) is 81.2 cm³/mol. The average Bonchev–Trinajstić information content (AvgIpc) is 2.94. The molecule has 1 nitrogen and oxygen atoms in total. The second-order valence-corrected chi connectivity index (χ2v) is 7.41.